The summed E-state index contributed by atoms with van der Waals surface area (Å²) in [5.41, 5.74) is 8.17. The largest absolute Gasteiger partial charge is 0.446 e. The summed E-state index contributed by atoms with van der Waals surface area (Å²) < 4.78 is 36.6. The van der Waals surface area contributed by atoms with Gasteiger partial charge in [-0.1, -0.05) is 18.2 Å². The Balaban J connectivity index is 0.753. The van der Waals surface area contributed by atoms with Crippen LogP contribution in [0.3, 0.4) is 0 Å². The molecule has 0 radical (unpaired) electrons. The van der Waals surface area contributed by atoms with Gasteiger partial charge in [-0.05, 0) is 87.8 Å². The molecule has 2 aliphatic heterocycles. The Bertz CT molecular complexity index is 1980. The Kier molecular flexibility index (Phi) is 9.29. The van der Waals surface area contributed by atoms with Gasteiger partial charge in [-0.25, -0.2) is 23.5 Å². The highest BCUT2D eigenvalue weighted by atomic mass is 19.1. The topological polar surface area (TPSA) is 131 Å². The summed E-state index contributed by atoms with van der Waals surface area (Å²) in [6, 6.07) is 17.5. The number of hydrogen-bond acceptors (Lipinski definition) is 9. The number of nitrogen functional groups attached to an aromatic ring is 1. The van der Waals surface area contributed by atoms with Crippen molar-refractivity contribution in [3.63, 3.8) is 0 Å². The number of amides is 1. The Morgan fingerprint density at radius 3 is 2.42 bits per heavy atom. The van der Waals surface area contributed by atoms with Crippen molar-refractivity contribution >= 4 is 23.4 Å². The molecule has 2 aromatic carbocycles. The van der Waals surface area contributed by atoms with E-state index < -0.39 is 5.82 Å². The quantitative estimate of drug-likeness (QED) is 0.196. The number of anilines is 3. The lowest BCUT2D eigenvalue weighted by molar-refractivity contribution is -0.144. The third-order valence-corrected chi connectivity index (χ3v) is 11.3. The third kappa shape index (κ3) is 7.19. The van der Waals surface area contributed by atoms with Crippen LogP contribution in [0.1, 0.15) is 51.4 Å². The van der Waals surface area contributed by atoms with E-state index in [1.54, 1.807) is 54.7 Å². The van der Waals surface area contributed by atoms with Crippen molar-refractivity contribution in [2.45, 2.75) is 75.6 Å². The summed E-state index contributed by atoms with van der Waals surface area (Å²) in [4.78, 5) is 38.4. The maximum Gasteiger partial charge on any atom is 0.407 e. The Labute approximate surface area is 301 Å². The van der Waals surface area contributed by atoms with Crippen molar-refractivity contribution in [3.05, 3.63) is 95.0 Å². The SMILES string of the molecule is Nc1ccc(N2CCC(N3CC4(CC(OC(=O)N[C@H]5CC[C@H](Nc6ncc(F)c(-c7cccc(-n8ccccc8=O)c7)n6)CC5)C4)C3)CC2)c(F)c1. The lowest BCUT2D eigenvalue weighted by Crippen LogP contribution is -2.67. The minimum atomic E-state index is -0.549. The van der Waals surface area contributed by atoms with Crippen LogP contribution in [-0.4, -0.2) is 75.9 Å². The molecule has 1 spiro atoms. The van der Waals surface area contributed by atoms with Gasteiger partial charge in [0.15, 0.2) is 5.82 Å². The summed E-state index contributed by atoms with van der Waals surface area (Å²) >= 11 is 0. The molecular formula is C39H44F2N8O3. The second kappa shape index (κ2) is 14.2. The molecule has 8 rings (SSSR count). The van der Waals surface area contributed by atoms with E-state index in [0.29, 0.717) is 34.6 Å². The molecule has 0 bridgehead atoms. The standard InChI is InChI=1S/C39H44F2N8O3/c40-32-19-26(42)7-12-34(32)47-16-13-29(14-17-47)48-23-39(24-48)20-31(21-39)52-38(51)45-28-10-8-27(9-11-28)44-37-43-22-33(41)36(46-37)25-4-3-5-30(18-25)49-15-2-1-6-35(49)50/h1-7,12,15,18-19,22,27-29,31H,8-11,13-14,16-17,20-21,23-24,42H2,(H,45,51)(H,43,44,46)/t27-,28-. The van der Waals surface area contributed by atoms with Crippen LogP contribution in [0.5, 0.6) is 0 Å². The molecule has 1 amide bonds. The van der Waals surface area contributed by atoms with Crippen molar-refractivity contribution in [2.24, 2.45) is 5.41 Å². The van der Waals surface area contributed by atoms with E-state index in [1.807, 2.05) is 0 Å². The van der Waals surface area contributed by atoms with Crippen LogP contribution in [0.4, 0.5) is 30.9 Å². The molecular weight excluding hydrogens is 666 g/mol. The number of aromatic nitrogens is 3. The highest BCUT2D eigenvalue weighted by Gasteiger charge is 2.55. The molecule has 0 atom stereocenters. The molecule has 0 unspecified atom stereocenters. The number of carbonyl (C=O) groups excluding carboxylic acids is 1. The molecule has 13 heteroatoms. The van der Waals surface area contributed by atoms with Crippen molar-refractivity contribution in [1.82, 2.24) is 24.8 Å². The van der Waals surface area contributed by atoms with Gasteiger partial charge in [0.1, 0.15) is 17.6 Å². The zero-order valence-corrected chi connectivity index (χ0v) is 29.0. The first-order valence-electron chi connectivity index (χ1n) is 18.3. The second-order valence-corrected chi connectivity index (χ2v) is 15.0. The second-order valence-electron chi connectivity index (χ2n) is 15.0. The number of likely N-dealkylation sites (tertiary alicyclic amines) is 1. The molecule has 2 aromatic heterocycles. The van der Waals surface area contributed by atoms with Gasteiger partial charge in [-0.2, -0.15) is 0 Å². The lowest BCUT2D eigenvalue weighted by atomic mass is 9.61. The number of alkyl carbamates (subject to hydrolysis) is 1. The minimum absolute atomic E-state index is 0.0280. The van der Waals surface area contributed by atoms with Gasteiger partial charge >= 0.3 is 6.09 Å². The minimum Gasteiger partial charge on any atom is -0.446 e. The highest BCUT2D eigenvalue weighted by Crippen LogP contribution is 2.51. The number of nitrogens with one attached hydrogen (secondary N) is 2. The summed E-state index contributed by atoms with van der Waals surface area (Å²) in [7, 11) is 0. The van der Waals surface area contributed by atoms with E-state index in [4.69, 9.17) is 10.5 Å². The van der Waals surface area contributed by atoms with Gasteiger partial charge in [0.05, 0.1) is 11.9 Å². The average Bonchev–Trinajstić information content (AvgIpc) is 3.11. The van der Waals surface area contributed by atoms with Gasteiger partial charge in [-0.3, -0.25) is 14.3 Å². The number of pyridine rings is 1. The monoisotopic (exact) mass is 710 g/mol. The molecule has 4 aromatic rings. The van der Waals surface area contributed by atoms with Gasteiger partial charge in [0, 0.05) is 78.9 Å². The lowest BCUT2D eigenvalue weighted by Gasteiger charge is -2.61. The molecule has 4 fully saturated rings. The van der Waals surface area contributed by atoms with Crippen molar-refractivity contribution in [2.75, 3.05) is 42.1 Å². The van der Waals surface area contributed by atoms with Gasteiger partial charge < -0.3 is 26.0 Å². The maximum absolute atomic E-state index is 14.9. The first-order chi connectivity index (χ1) is 25.2. The van der Waals surface area contributed by atoms with Crippen LogP contribution in [0.25, 0.3) is 16.9 Å². The number of nitrogens with zero attached hydrogens (tertiary/aromatic N) is 5. The summed E-state index contributed by atoms with van der Waals surface area (Å²) in [6.07, 6.45) is 9.40. The number of nitrogens with two attached hydrogens (primary N) is 1. The van der Waals surface area contributed by atoms with Crippen molar-refractivity contribution in [1.29, 1.82) is 0 Å². The van der Waals surface area contributed by atoms with Crippen molar-refractivity contribution in [3.8, 4) is 16.9 Å². The van der Waals surface area contributed by atoms with Gasteiger partial charge in [-0.15, -0.1) is 0 Å². The van der Waals surface area contributed by atoms with Crippen LogP contribution in [-0.2, 0) is 4.74 Å². The molecule has 11 nitrogen and oxygen atoms in total. The van der Waals surface area contributed by atoms with E-state index in [9.17, 15) is 18.4 Å². The van der Waals surface area contributed by atoms with Gasteiger partial charge in [0.25, 0.3) is 5.56 Å². The van der Waals surface area contributed by atoms with E-state index in [0.717, 1.165) is 83.7 Å². The fraction of sp³-hybridized carbons (Fsp3) is 0.436. The summed E-state index contributed by atoms with van der Waals surface area (Å²) in [5, 5.41) is 6.42. The molecule has 4 N–H and O–H groups in total. The Hall–Kier alpha value is -5.04. The molecule has 4 heterocycles. The van der Waals surface area contributed by atoms with E-state index in [-0.39, 0.29) is 46.8 Å². The molecule has 2 saturated carbocycles. The van der Waals surface area contributed by atoms with E-state index in [1.165, 1.54) is 16.7 Å². The number of hydrogen-bond donors (Lipinski definition) is 3. The number of rotatable bonds is 8. The zero-order chi connectivity index (χ0) is 35.8. The van der Waals surface area contributed by atoms with Crippen LogP contribution in [0, 0.1) is 17.0 Å². The van der Waals surface area contributed by atoms with Gasteiger partial charge in [0.2, 0.25) is 5.95 Å². The van der Waals surface area contributed by atoms with Crippen LogP contribution in [0.15, 0.2) is 77.9 Å². The maximum atomic E-state index is 14.9. The third-order valence-electron chi connectivity index (χ3n) is 11.3. The van der Waals surface area contributed by atoms with E-state index >= 15 is 0 Å². The number of ether oxygens (including phenoxy) is 1. The smallest absolute Gasteiger partial charge is 0.407 e. The number of carbonyl (C=O) groups is 1. The number of halogens is 2. The molecule has 4 aliphatic rings. The highest BCUT2D eigenvalue weighted by molar-refractivity contribution is 5.68. The average molecular weight is 711 g/mol. The summed E-state index contributed by atoms with van der Waals surface area (Å²) in [6.45, 7) is 3.73. The first-order valence-corrected chi connectivity index (χ1v) is 18.3. The van der Waals surface area contributed by atoms with Crippen molar-refractivity contribution < 1.29 is 18.3 Å². The number of benzene rings is 2. The predicted octanol–water partition coefficient (Wildman–Crippen LogP) is 5.74. The number of piperidine rings is 1. The molecule has 52 heavy (non-hydrogen) atoms. The van der Waals surface area contributed by atoms with Crippen LogP contribution < -0.4 is 26.8 Å². The fourth-order valence-electron chi connectivity index (χ4n) is 8.57. The predicted molar refractivity (Wildman–Crippen MR) is 195 cm³/mol. The Morgan fingerprint density at radius 2 is 1.67 bits per heavy atom. The molecule has 272 valence electrons. The molecule has 2 saturated heterocycles. The van der Waals surface area contributed by atoms with Crippen LogP contribution >= 0.6 is 0 Å². The van der Waals surface area contributed by atoms with Crippen LogP contribution in [0.2, 0.25) is 0 Å². The summed E-state index contributed by atoms with van der Waals surface area (Å²) in [5.74, 6) is -0.472. The van der Waals surface area contributed by atoms with E-state index in [2.05, 4.69) is 30.4 Å². The Morgan fingerprint density at radius 1 is 0.904 bits per heavy atom. The normalized spacial score (nSPS) is 22.0. The first kappa shape index (κ1) is 34.1. The molecule has 2 aliphatic carbocycles. The zero-order valence-electron chi connectivity index (χ0n) is 29.0. The fourth-order valence-corrected chi connectivity index (χ4v) is 8.57.